The molecule has 0 saturated heterocycles. The van der Waals surface area contributed by atoms with Crippen LogP contribution < -0.4 is 0 Å². The highest BCUT2D eigenvalue weighted by Gasteiger charge is 2.16. The first-order chi connectivity index (χ1) is 13.0. The van der Waals surface area contributed by atoms with Crippen LogP contribution in [0, 0.1) is 13.8 Å². The van der Waals surface area contributed by atoms with Crippen molar-refractivity contribution in [3.63, 3.8) is 0 Å². The van der Waals surface area contributed by atoms with Gasteiger partial charge in [-0.3, -0.25) is 4.79 Å². The number of nitrogens with zero attached hydrogens (tertiary/aromatic N) is 3. The Morgan fingerprint density at radius 2 is 1.89 bits per heavy atom. The molecule has 0 radical (unpaired) electrons. The van der Waals surface area contributed by atoms with Gasteiger partial charge in [-0.2, -0.15) is 5.10 Å². The highest BCUT2D eigenvalue weighted by atomic mass is 35.5. The highest BCUT2D eigenvalue weighted by Crippen LogP contribution is 2.19. The van der Waals surface area contributed by atoms with Crippen LogP contribution in [0.1, 0.15) is 22.5 Å². The summed E-state index contributed by atoms with van der Waals surface area (Å²) in [6.07, 6.45) is 3.34. The Hall–Kier alpha value is -2.85. The average molecular weight is 380 g/mol. The Bertz CT molecular complexity index is 976. The standard InChI is InChI=1S/C22H22ClN3O/c1-16-21(17(2)26(24-16)20-10-5-4-6-11-20)15-25(3)22(27)13-12-18-8-7-9-19(23)14-18/h4-14H,15H2,1-3H3/b13-12+. The Morgan fingerprint density at radius 1 is 1.15 bits per heavy atom. The van der Waals surface area contributed by atoms with Gasteiger partial charge in [0.05, 0.1) is 11.4 Å². The summed E-state index contributed by atoms with van der Waals surface area (Å²) < 4.78 is 1.92. The van der Waals surface area contributed by atoms with E-state index in [1.54, 1.807) is 24.1 Å². The van der Waals surface area contributed by atoms with E-state index in [0.29, 0.717) is 11.6 Å². The van der Waals surface area contributed by atoms with E-state index in [1.165, 1.54) is 0 Å². The van der Waals surface area contributed by atoms with Gasteiger partial charge in [-0.15, -0.1) is 0 Å². The van der Waals surface area contributed by atoms with Crippen LogP contribution >= 0.6 is 11.6 Å². The largest absolute Gasteiger partial charge is 0.338 e. The van der Waals surface area contributed by atoms with Gasteiger partial charge < -0.3 is 4.90 Å². The van der Waals surface area contributed by atoms with Crippen LogP contribution in [-0.2, 0) is 11.3 Å². The van der Waals surface area contributed by atoms with Crippen LogP contribution in [0.3, 0.4) is 0 Å². The van der Waals surface area contributed by atoms with Crippen molar-refractivity contribution >= 4 is 23.6 Å². The average Bonchev–Trinajstić information content (AvgIpc) is 2.95. The molecular weight excluding hydrogens is 358 g/mol. The molecule has 1 amide bonds. The SMILES string of the molecule is Cc1nn(-c2ccccc2)c(C)c1CN(C)C(=O)/C=C/c1cccc(Cl)c1. The molecule has 0 bridgehead atoms. The molecule has 0 saturated carbocycles. The molecule has 138 valence electrons. The van der Waals surface area contributed by atoms with Gasteiger partial charge in [-0.25, -0.2) is 4.68 Å². The van der Waals surface area contributed by atoms with Gasteiger partial charge in [0.2, 0.25) is 5.91 Å². The number of aryl methyl sites for hydroxylation is 1. The third-order valence-electron chi connectivity index (χ3n) is 4.48. The third kappa shape index (κ3) is 4.47. The first-order valence-corrected chi connectivity index (χ1v) is 9.13. The Morgan fingerprint density at radius 3 is 2.59 bits per heavy atom. The summed E-state index contributed by atoms with van der Waals surface area (Å²) >= 11 is 5.98. The molecule has 0 aliphatic rings. The number of carbonyl (C=O) groups is 1. The van der Waals surface area contributed by atoms with E-state index in [9.17, 15) is 4.79 Å². The molecule has 0 unspecified atom stereocenters. The van der Waals surface area contributed by atoms with Crippen molar-refractivity contribution in [3.05, 3.63) is 88.2 Å². The summed E-state index contributed by atoms with van der Waals surface area (Å²) in [5.41, 5.74) is 4.94. The number of hydrogen-bond acceptors (Lipinski definition) is 2. The zero-order chi connectivity index (χ0) is 19.4. The molecule has 4 nitrogen and oxygen atoms in total. The molecule has 3 rings (SSSR count). The smallest absolute Gasteiger partial charge is 0.246 e. The summed E-state index contributed by atoms with van der Waals surface area (Å²) in [5.74, 6) is -0.0683. The number of benzene rings is 2. The van der Waals surface area contributed by atoms with E-state index in [2.05, 4.69) is 5.10 Å². The second-order valence-electron chi connectivity index (χ2n) is 6.48. The number of para-hydroxylation sites is 1. The predicted octanol–water partition coefficient (Wildman–Crippen LogP) is 4.81. The lowest BCUT2D eigenvalue weighted by Gasteiger charge is -2.15. The van der Waals surface area contributed by atoms with Crippen molar-refractivity contribution in [2.75, 3.05) is 7.05 Å². The van der Waals surface area contributed by atoms with Gasteiger partial charge in [-0.05, 0) is 49.8 Å². The maximum Gasteiger partial charge on any atom is 0.246 e. The zero-order valence-electron chi connectivity index (χ0n) is 15.7. The van der Waals surface area contributed by atoms with Crippen molar-refractivity contribution in [3.8, 4) is 5.69 Å². The first-order valence-electron chi connectivity index (χ1n) is 8.75. The number of aromatic nitrogens is 2. The molecule has 0 aliphatic carbocycles. The summed E-state index contributed by atoms with van der Waals surface area (Å²) in [6, 6.07) is 17.4. The van der Waals surface area contributed by atoms with E-state index < -0.39 is 0 Å². The second-order valence-corrected chi connectivity index (χ2v) is 6.92. The summed E-state index contributed by atoms with van der Waals surface area (Å²) in [4.78, 5) is 14.2. The molecule has 0 spiro atoms. The van der Waals surface area contributed by atoms with Crippen molar-refractivity contribution in [2.45, 2.75) is 20.4 Å². The second kappa shape index (κ2) is 8.23. The Balaban J connectivity index is 1.75. The number of likely N-dealkylation sites (N-methyl/N-ethyl adjacent to an activating group) is 1. The number of hydrogen-bond donors (Lipinski definition) is 0. The number of amides is 1. The molecule has 27 heavy (non-hydrogen) atoms. The molecule has 0 N–H and O–H groups in total. The van der Waals surface area contributed by atoms with E-state index in [0.717, 1.165) is 28.2 Å². The van der Waals surface area contributed by atoms with Crippen LogP contribution in [0.4, 0.5) is 0 Å². The molecular formula is C22H22ClN3O. The van der Waals surface area contributed by atoms with Gasteiger partial charge in [0.15, 0.2) is 0 Å². The van der Waals surface area contributed by atoms with Crippen molar-refractivity contribution in [1.82, 2.24) is 14.7 Å². The van der Waals surface area contributed by atoms with E-state index in [1.807, 2.05) is 73.1 Å². The van der Waals surface area contributed by atoms with Crippen molar-refractivity contribution in [2.24, 2.45) is 0 Å². The molecule has 1 heterocycles. The minimum absolute atomic E-state index is 0.0683. The minimum atomic E-state index is -0.0683. The lowest BCUT2D eigenvalue weighted by atomic mass is 10.1. The molecule has 3 aromatic rings. The van der Waals surface area contributed by atoms with Crippen LogP contribution in [0.2, 0.25) is 5.02 Å². The van der Waals surface area contributed by atoms with Crippen LogP contribution in [0.5, 0.6) is 0 Å². The van der Waals surface area contributed by atoms with Gasteiger partial charge in [0.1, 0.15) is 0 Å². The predicted molar refractivity (Wildman–Crippen MR) is 110 cm³/mol. The maximum atomic E-state index is 12.5. The fourth-order valence-electron chi connectivity index (χ4n) is 2.94. The monoisotopic (exact) mass is 379 g/mol. The molecule has 2 aromatic carbocycles. The fourth-order valence-corrected chi connectivity index (χ4v) is 3.14. The third-order valence-corrected chi connectivity index (χ3v) is 4.72. The van der Waals surface area contributed by atoms with E-state index in [4.69, 9.17) is 11.6 Å². The molecule has 5 heteroatoms. The number of halogens is 1. The van der Waals surface area contributed by atoms with Gasteiger partial charge in [0.25, 0.3) is 0 Å². The number of rotatable bonds is 5. The van der Waals surface area contributed by atoms with Gasteiger partial charge in [-0.1, -0.05) is 41.9 Å². The minimum Gasteiger partial charge on any atom is -0.338 e. The van der Waals surface area contributed by atoms with Crippen molar-refractivity contribution < 1.29 is 4.79 Å². The zero-order valence-corrected chi connectivity index (χ0v) is 16.4. The topological polar surface area (TPSA) is 38.1 Å². The van der Waals surface area contributed by atoms with E-state index >= 15 is 0 Å². The normalized spacial score (nSPS) is 11.1. The fraction of sp³-hybridized carbons (Fsp3) is 0.182. The van der Waals surface area contributed by atoms with Gasteiger partial charge in [0, 0.05) is 35.9 Å². The Labute approximate surface area is 164 Å². The summed E-state index contributed by atoms with van der Waals surface area (Å²) in [5, 5.41) is 5.29. The lowest BCUT2D eigenvalue weighted by Crippen LogP contribution is -2.24. The van der Waals surface area contributed by atoms with Crippen LogP contribution in [-0.4, -0.2) is 27.6 Å². The summed E-state index contributed by atoms with van der Waals surface area (Å²) in [7, 11) is 1.80. The quantitative estimate of drug-likeness (QED) is 0.596. The van der Waals surface area contributed by atoms with Crippen LogP contribution in [0.25, 0.3) is 11.8 Å². The van der Waals surface area contributed by atoms with Gasteiger partial charge >= 0.3 is 0 Å². The highest BCUT2D eigenvalue weighted by molar-refractivity contribution is 6.30. The van der Waals surface area contributed by atoms with Crippen LogP contribution in [0.15, 0.2) is 60.7 Å². The first kappa shape index (κ1) is 18.9. The lowest BCUT2D eigenvalue weighted by molar-refractivity contribution is -0.125. The van der Waals surface area contributed by atoms with Crippen molar-refractivity contribution in [1.29, 1.82) is 0 Å². The molecule has 0 fully saturated rings. The Kier molecular flexibility index (Phi) is 5.77. The number of carbonyl (C=O) groups excluding carboxylic acids is 1. The molecule has 0 aliphatic heterocycles. The van der Waals surface area contributed by atoms with E-state index in [-0.39, 0.29) is 5.91 Å². The molecule has 1 aromatic heterocycles. The maximum absolute atomic E-state index is 12.5. The molecule has 0 atom stereocenters. The summed E-state index contributed by atoms with van der Waals surface area (Å²) in [6.45, 7) is 4.51.